The zero-order valence-corrected chi connectivity index (χ0v) is 14.9. The van der Waals surface area contributed by atoms with Crippen molar-refractivity contribution in [2.75, 3.05) is 0 Å². The van der Waals surface area contributed by atoms with Crippen molar-refractivity contribution in [2.24, 2.45) is 0 Å². The Morgan fingerprint density at radius 3 is 1.76 bits per heavy atom. The molecule has 0 spiro atoms. The van der Waals surface area contributed by atoms with Crippen molar-refractivity contribution >= 4 is 22.8 Å². The van der Waals surface area contributed by atoms with E-state index in [1.165, 1.54) is 32.0 Å². The van der Waals surface area contributed by atoms with E-state index >= 15 is 0 Å². The van der Waals surface area contributed by atoms with Crippen LogP contribution in [0, 0.1) is 13.8 Å². The van der Waals surface area contributed by atoms with Crippen molar-refractivity contribution in [2.45, 2.75) is 29.7 Å². The molecule has 0 saturated heterocycles. The van der Waals surface area contributed by atoms with Crippen LogP contribution in [-0.4, -0.2) is 15.0 Å². The van der Waals surface area contributed by atoms with Crippen LogP contribution in [0.4, 0.5) is 0 Å². The first kappa shape index (κ1) is 14.7. The Morgan fingerprint density at radius 1 is 0.760 bits per heavy atom. The summed E-state index contributed by atoms with van der Waals surface area (Å²) in [5, 5.41) is 9.66. The Bertz CT molecular complexity index is 1030. The van der Waals surface area contributed by atoms with Gasteiger partial charge in [-0.3, -0.25) is 0 Å². The van der Waals surface area contributed by atoms with Gasteiger partial charge < -0.3 is 0 Å². The predicted octanol–water partition coefficient (Wildman–Crippen LogP) is 5.15. The number of nitrogens with zero attached hydrogens (tertiary/aromatic N) is 3. The summed E-state index contributed by atoms with van der Waals surface area (Å²) in [5.41, 5.74) is 6.94. The summed E-state index contributed by atoms with van der Waals surface area (Å²) < 4.78 is 0. The lowest BCUT2D eigenvalue weighted by atomic mass is 9.98. The van der Waals surface area contributed by atoms with E-state index in [1.807, 2.05) is 16.6 Å². The molecule has 0 unspecified atom stereocenters. The molecule has 2 heterocycles. The number of benzene rings is 3. The third kappa shape index (κ3) is 2.29. The van der Waals surface area contributed by atoms with Gasteiger partial charge in [-0.2, -0.15) is 15.0 Å². The minimum Gasteiger partial charge on any atom is -0.171 e. The molecule has 0 aliphatic carbocycles. The van der Waals surface area contributed by atoms with Crippen molar-refractivity contribution in [3.8, 4) is 0 Å². The molecule has 0 bridgehead atoms. The van der Waals surface area contributed by atoms with Gasteiger partial charge in [0.2, 0.25) is 0 Å². The maximum atomic E-state index is 4.83. The highest BCUT2D eigenvalue weighted by Crippen LogP contribution is 2.45. The van der Waals surface area contributed by atoms with E-state index in [2.05, 4.69) is 74.5 Å². The fourth-order valence-corrected chi connectivity index (χ4v) is 4.56. The molecule has 0 N–H and O–H groups in total. The van der Waals surface area contributed by atoms with Gasteiger partial charge in [0, 0.05) is 9.79 Å². The van der Waals surface area contributed by atoms with E-state index < -0.39 is 0 Å². The number of hydrogen-bond donors (Lipinski definition) is 0. The first-order valence-electron chi connectivity index (χ1n) is 8.40. The van der Waals surface area contributed by atoms with Gasteiger partial charge in [0.05, 0.1) is 0 Å². The van der Waals surface area contributed by atoms with Crippen LogP contribution in [0.15, 0.2) is 70.5 Å². The Balaban J connectivity index is 1.76. The van der Waals surface area contributed by atoms with Crippen LogP contribution in [0.5, 0.6) is 0 Å². The van der Waals surface area contributed by atoms with E-state index in [1.54, 1.807) is 0 Å². The van der Waals surface area contributed by atoms with Crippen molar-refractivity contribution in [3.63, 3.8) is 0 Å². The van der Waals surface area contributed by atoms with Crippen molar-refractivity contribution in [1.82, 2.24) is 15.0 Å². The van der Waals surface area contributed by atoms with Crippen LogP contribution in [0.3, 0.4) is 0 Å². The van der Waals surface area contributed by atoms with Gasteiger partial charge in [0.25, 0.3) is 0 Å². The number of fused-ring (bicyclic) bond motifs is 3. The standard InChI is InChI=1S/C21H17N3S/c1-13-11-17-18(12-14(13)2)23-24(22-17)21-15-7-3-5-9-19(15)25-20-10-6-4-8-16(20)21/h3-12,21H,1-2H3. The second-order valence-electron chi connectivity index (χ2n) is 6.53. The molecule has 122 valence electrons. The Kier molecular flexibility index (Phi) is 3.22. The molecule has 4 aromatic rings. The fourth-order valence-electron chi connectivity index (χ4n) is 3.44. The fraction of sp³-hybridized carbons (Fsp3) is 0.143. The summed E-state index contributed by atoms with van der Waals surface area (Å²) in [7, 11) is 0. The van der Waals surface area contributed by atoms with Gasteiger partial charge in [0.15, 0.2) is 0 Å². The molecule has 1 aliphatic heterocycles. The molecule has 25 heavy (non-hydrogen) atoms. The summed E-state index contributed by atoms with van der Waals surface area (Å²) >= 11 is 1.82. The molecule has 1 aliphatic rings. The lowest BCUT2D eigenvalue weighted by Crippen LogP contribution is -2.19. The summed E-state index contributed by atoms with van der Waals surface area (Å²) in [4.78, 5) is 4.45. The first-order valence-corrected chi connectivity index (χ1v) is 9.22. The Hall–Kier alpha value is -2.59. The molecule has 3 aromatic carbocycles. The zero-order chi connectivity index (χ0) is 17.0. The predicted molar refractivity (Wildman–Crippen MR) is 101 cm³/mol. The van der Waals surface area contributed by atoms with Crippen molar-refractivity contribution in [1.29, 1.82) is 0 Å². The normalized spacial score (nSPS) is 13.7. The largest absolute Gasteiger partial charge is 0.171 e. The number of hydrogen-bond acceptors (Lipinski definition) is 3. The van der Waals surface area contributed by atoms with Gasteiger partial charge in [-0.1, -0.05) is 48.2 Å². The van der Waals surface area contributed by atoms with Crippen LogP contribution in [-0.2, 0) is 0 Å². The third-order valence-electron chi connectivity index (χ3n) is 4.89. The molecular formula is C21H17N3S. The molecule has 0 radical (unpaired) electrons. The van der Waals surface area contributed by atoms with E-state index in [9.17, 15) is 0 Å². The summed E-state index contributed by atoms with van der Waals surface area (Å²) in [6.07, 6.45) is 0. The smallest absolute Gasteiger partial charge is 0.124 e. The minimum atomic E-state index is 0.0154. The molecule has 5 rings (SSSR count). The lowest BCUT2D eigenvalue weighted by Gasteiger charge is -2.26. The van der Waals surface area contributed by atoms with E-state index in [4.69, 9.17) is 10.2 Å². The second kappa shape index (κ2) is 5.46. The minimum absolute atomic E-state index is 0.0154. The van der Waals surface area contributed by atoms with Gasteiger partial charge in [-0.05, 0) is 60.4 Å². The molecule has 0 atom stereocenters. The van der Waals surface area contributed by atoms with Gasteiger partial charge >= 0.3 is 0 Å². The lowest BCUT2D eigenvalue weighted by molar-refractivity contribution is 0.511. The highest BCUT2D eigenvalue weighted by atomic mass is 32.2. The Labute approximate surface area is 150 Å². The molecular weight excluding hydrogens is 326 g/mol. The van der Waals surface area contributed by atoms with Gasteiger partial charge in [-0.15, -0.1) is 0 Å². The highest BCUT2D eigenvalue weighted by Gasteiger charge is 2.29. The molecule has 4 heteroatoms. The molecule has 0 amide bonds. The zero-order valence-electron chi connectivity index (χ0n) is 14.1. The molecule has 0 saturated carbocycles. The SMILES string of the molecule is Cc1cc2nn(C3c4ccccc4Sc4ccccc43)nc2cc1C. The monoisotopic (exact) mass is 343 g/mol. The third-order valence-corrected chi connectivity index (χ3v) is 6.07. The number of rotatable bonds is 1. The summed E-state index contributed by atoms with van der Waals surface area (Å²) in [6.45, 7) is 4.24. The molecule has 1 aromatic heterocycles. The van der Waals surface area contributed by atoms with Crippen molar-refractivity contribution < 1.29 is 0 Å². The second-order valence-corrected chi connectivity index (χ2v) is 7.61. The summed E-state index contributed by atoms with van der Waals surface area (Å²) in [5.74, 6) is 0. The van der Waals surface area contributed by atoms with Crippen LogP contribution in [0.2, 0.25) is 0 Å². The Morgan fingerprint density at radius 2 is 1.24 bits per heavy atom. The maximum Gasteiger partial charge on any atom is 0.124 e. The van der Waals surface area contributed by atoms with E-state index in [0.29, 0.717) is 0 Å². The van der Waals surface area contributed by atoms with Crippen LogP contribution >= 0.6 is 11.8 Å². The van der Waals surface area contributed by atoms with Crippen LogP contribution in [0.1, 0.15) is 28.3 Å². The van der Waals surface area contributed by atoms with Gasteiger partial charge in [0.1, 0.15) is 17.1 Å². The number of aromatic nitrogens is 3. The first-order chi connectivity index (χ1) is 12.2. The van der Waals surface area contributed by atoms with E-state index in [-0.39, 0.29) is 6.04 Å². The number of aryl methyl sites for hydroxylation is 2. The average Bonchev–Trinajstić information content (AvgIpc) is 3.02. The topological polar surface area (TPSA) is 30.7 Å². The van der Waals surface area contributed by atoms with Crippen LogP contribution < -0.4 is 0 Å². The molecule has 3 nitrogen and oxygen atoms in total. The van der Waals surface area contributed by atoms with Crippen molar-refractivity contribution in [3.05, 3.63) is 82.9 Å². The van der Waals surface area contributed by atoms with Crippen LogP contribution in [0.25, 0.3) is 11.0 Å². The maximum absolute atomic E-state index is 4.83. The molecule has 0 fully saturated rings. The van der Waals surface area contributed by atoms with E-state index in [0.717, 1.165) is 11.0 Å². The highest BCUT2D eigenvalue weighted by molar-refractivity contribution is 7.99. The van der Waals surface area contributed by atoms with Gasteiger partial charge in [-0.25, -0.2) is 0 Å². The average molecular weight is 343 g/mol. The summed E-state index contributed by atoms with van der Waals surface area (Å²) in [6, 6.07) is 21.4. The quantitative estimate of drug-likeness (QED) is 0.422.